The van der Waals surface area contributed by atoms with Crippen molar-refractivity contribution in [1.29, 1.82) is 0 Å². The average molecular weight is 1130 g/mol. The van der Waals surface area contributed by atoms with Gasteiger partial charge in [-0.3, -0.25) is 14.4 Å². The number of unbranched alkanes of at least 4 members (excludes halogenated alkanes) is 36. The summed E-state index contributed by atoms with van der Waals surface area (Å²) in [5.41, 5.74) is 0. The van der Waals surface area contributed by atoms with Crippen molar-refractivity contribution in [2.45, 2.75) is 348 Å². The maximum absolute atomic E-state index is 13.0. The predicted molar refractivity (Wildman–Crippen MR) is 353 cm³/mol. The molecule has 0 aromatic carbocycles. The van der Waals surface area contributed by atoms with Crippen molar-refractivity contribution in [3.63, 3.8) is 0 Å². The summed E-state index contributed by atoms with van der Waals surface area (Å²) in [6.45, 7) is 6.54. The number of carbonyl (C=O) groups is 3. The molecule has 0 aliphatic heterocycles. The zero-order chi connectivity index (χ0) is 58.5. The average Bonchev–Trinajstić information content (AvgIpc) is 3.47. The molecule has 0 amide bonds. The highest BCUT2D eigenvalue weighted by Crippen LogP contribution is 2.17. The Morgan fingerprint density at radius 1 is 0.259 bits per heavy atom. The summed E-state index contributed by atoms with van der Waals surface area (Å²) in [4.78, 5) is 38.5. The lowest BCUT2D eigenvalue weighted by atomic mass is 10.0. The molecule has 0 radical (unpaired) electrons. The molecule has 0 spiro atoms. The van der Waals surface area contributed by atoms with E-state index in [2.05, 4.69) is 118 Å². The lowest BCUT2D eigenvalue weighted by Crippen LogP contribution is -2.30. The van der Waals surface area contributed by atoms with Gasteiger partial charge in [-0.25, -0.2) is 0 Å². The quantitative estimate of drug-likeness (QED) is 0.0261. The Labute approximate surface area is 502 Å². The van der Waals surface area contributed by atoms with Crippen LogP contribution < -0.4 is 0 Å². The molecule has 1 unspecified atom stereocenters. The van der Waals surface area contributed by atoms with E-state index < -0.39 is 6.10 Å². The van der Waals surface area contributed by atoms with Crippen LogP contribution in [0.2, 0.25) is 0 Å². The Morgan fingerprint density at radius 2 is 0.481 bits per heavy atom. The van der Waals surface area contributed by atoms with Crippen LogP contribution in [0.25, 0.3) is 0 Å². The summed E-state index contributed by atoms with van der Waals surface area (Å²) >= 11 is 0. The van der Waals surface area contributed by atoms with Gasteiger partial charge < -0.3 is 14.2 Å². The number of hydrogen-bond donors (Lipinski definition) is 0. The third-order valence-corrected chi connectivity index (χ3v) is 15.0. The Hall–Kier alpha value is -3.67. The zero-order valence-electron chi connectivity index (χ0n) is 53.5. The van der Waals surface area contributed by atoms with Gasteiger partial charge in [0.1, 0.15) is 13.2 Å². The molecule has 0 aliphatic carbocycles. The summed E-state index contributed by atoms with van der Waals surface area (Å²) in [6, 6.07) is 0. The zero-order valence-corrected chi connectivity index (χ0v) is 53.5. The molecule has 0 aliphatic rings. The van der Waals surface area contributed by atoms with Crippen LogP contribution in [0.4, 0.5) is 0 Å². The van der Waals surface area contributed by atoms with Crippen molar-refractivity contribution in [2.75, 3.05) is 13.2 Å². The first kappa shape index (κ1) is 77.3. The lowest BCUT2D eigenvalue weighted by Gasteiger charge is -2.18. The van der Waals surface area contributed by atoms with Crippen molar-refractivity contribution < 1.29 is 28.6 Å². The highest BCUT2D eigenvalue weighted by Gasteiger charge is 2.19. The van der Waals surface area contributed by atoms with Crippen molar-refractivity contribution in [3.8, 4) is 0 Å². The van der Waals surface area contributed by atoms with Crippen molar-refractivity contribution >= 4 is 17.9 Å². The van der Waals surface area contributed by atoms with E-state index in [1.807, 2.05) is 0 Å². The van der Waals surface area contributed by atoms with E-state index in [1.54, 1.807) is 0 Å². The minimum atomic E-state index is -0.791. The van der Waals surface area contributed by atoms with E-state index >= 15 is 0 Å². The fraction of sp³-hybridized carbons (Fsp3) is 0.747. The monoisotopic (exact) mass is 1130 g/mol. The molecule has 6 nitrogen and oxygen atoms in total. The number of carbonyl (C=O) groups excluding carboxylic acids is 3. The molecular weight excluding hydrogens is 997 g/mol. The van der Waals surface area contributed by atoms with Crippen LogP contribution in [0.15, 0.2) is 97.2 Å². The number of rotatable bonds is 63. The first-order valence-corrected chi connectivity index (χ1v) is 34.7. The number of esters is 3. The minimum absolute atomic E-state index is 0.0846. The van der Waals surface area contributed by atoms with Gasteiger partial charge in [0.2, 0.25) is 0 Å². The molecule has 0 heterocycles. The molecular formula is C75H130O6. The van der Waals surface area contributed by atoms with E-state index in [9.17, 15) is 14.4 Å². The smallest absolute Gasteiger partial charge is 0.306 e. The number of ether oxygens (including phenoxy) is 3. The van der Waals surface area contributed by atoms with Crippen LogP contribution in [-0.4, -0.2) is 37.2 Å². The third-order valence-electron chi connectivity index (χ3n) is 15.0. The predicted octanol–water partition coefficient (Wildman–Crippen LogP) is 24.0. The van der Waals surface area contributed by atoms with Gasteiger partial charge in [0.25, 0.3) is 0 Å². The van der Waals surface area contributed by atoms with Gasteiger partial charge in [0, 0.05) is 19.3 Å². The molecule has 0 aromatic rings. The highest BCUT2D eigenvalue weighted by atomic mass is 16.6. The summed E-state index contributed by atoms with van der Waals surface area (Å²) in [5, 5.41) is 0. The van der Waals surface area contributed by atoms with Crippen LogP contribution in [0.5, 0.6) is 0 Å². The van der Waals surface area contributed by atoms with Gasteiger partial charge in [-0.2, -0.15) is 0 Å². The third kappa shape index (κ3) is 67.0. The highest BCUT2D eigenvalue weighted by molar-refractivity contribution is 5.71. The maximum Gasteiger partial charge on any atom is 0.306 e. The molecule has 1 atom stereocenters. The van der Waals surface area contributed by atoms with Crippen LogP contribution in [-0.2, 0) is 28.6 Å². The minimum Gasteiger partial charge on any atom is -0.462 e. The first-order valence-electron chi connectivity index (χ1n) is 34.7. The fourth-order valence-corrected chi connectivity index (χ4v) is 9.85. The molecule has 0 bridgehead atoms. The topological polar surface area (TPSA) is 78.9 Å². The molecule has 81 heavy (non-hydrogen) atoms. The van der Waals surface area contributed by atoms with Crippen LogP contribution in [0.1, 0.15) is 342 Å². The van der Waals surface area contributed by atoms with E-state index in [-0.39, 0.29) is 31.1 Å². The van der Waals surface area contributed by atoms with Gasteiger partial charge in [-0.15, -0.1) is 0 Å². The second-order valence-electron chi connectivity index (χ2n) is 23.1. The van der Waals surface area contributed by atoms with E-state index in [1.165, 1.54) is 193 Å². The lowest BCUT2D eigenvalue weighted by molar-refractivity contribution is -0.167. The second kappa shape index (κ2) is 68.8. The molecule has 6 heteroatoms. The van der Waals surface area contributed by atoms with Crippen molar-refractivity contribution in [2.24, 2.45) is 0 Å². The van der Waals surface area contributed by atoms with E-state index in [0.29, 0.717) is 19.3 Å². The largest absolute Gasteiger partial charge is 0.462 e. The van der Waals surface area contributed by atoms with Gasteiger partial charge >= 0.3 is 17.9 Å². The van der Waals surface area contributed by atoms with Crippen LogP contribution in [0, 0.1) is 0 Å². The fourth-order valence-electron chi connectivity index (χ4n) is 9.85. The van der Waals surface area contributed by atoms with Gasteiger partial charge in [-0.1, -0.05) is 298 Å². The summed E-state index contributed by atoms with van der Waals surface area (Å²) in [5.74, 6) is -0.890. The molecule has 0 aromatic heterocycles. The molecule has 0 saturated carbocycles. The Balaban J connectivity index is 4.39. The maximum atomic E-state index is 13.0. The molecule has 0 saturated heterocycles. The standard InChI is InChI=1S/C75H130O6/c1-4-7-10-13-16-19-22-25-28-31-34-35-36-37-38-39-42-44-47-50-53-56-59-62-65-68-74(77)80-71-72(81-75(78)69-66-63-60-57-54-51-48-45-41-33-30-27-24-21-18-15-12-9-6-3)70-79-73(76)67-64-61-58-55-52-49-46-43-40-32-29-26-23-20-17-14-11-8-5-2/h9,12,18,21-22,25-27,29-31,34,36-37,41,45,72H,4-8,10-11,13-17,19-20,23-24,28,32-33,35,38-40,42-44,46-71H2,1-3H3/b12-9-,21-18-,25-22-,29-26-,30-27-,34-31-,37-36-,45-41-. The summed E-state index contributed by atoms with van der Waals surface area (Å²) < 4.78 is 17.0. The molecule has 0 fully saturated rings. The van der Waals surface area contributed by atoms with Crippen LogP contribution >= 0.6 is 0 Å². The summed E-state index contributed by atoms with van der Waals surface area (Å²) in [7, 11) is 0. The second-order valence-corrected chi connectivity index (χ2v) is 23.1. The van der Waals surface area contributed by atoms with E-state index in [4.69, 9.17) is 14.2 Å². The van der Waals surface area contributed by atoms with Crippen molar-refractivity contribution in [1.82, 2.24) is 0 Å². The Morgan fingerprint density at radius 3 is 0.765 bits per heavy atom. The van der Waals surface area contributed by atoms with Crippen LogP contribution in [0.3, 0.4) is 0 Å². The summed E-state index contributed by atoms with van der Waals surface area (Å²) in [6.07, 6.45) is 92.7. The van der Waals surface area contributed by atoms with Gasteiger partial charge in [0.05, 0.1) is 0 Å². The van der Waals surface area contributed by atoms with Gasteiger partial charge in [-0.05, 0) is 122 Å². The van der Waals surface area contributed by atoms with E-state index in [0.717, 1.165) is 109 Å². The van der Waals surface area contributed by atoms with Gasteiger partial charge in [0.15, 0.2) is 6.10 Å². The molecule has 466 valence electrons. The Kier molecular flexibility index (Phi) is 65.7. The number of hydrogen-bond acceptors (Lipinski definition) is 6. The normalized spacial score (nSPS) is 12.7. The molecule has 0 rings (SSSR count). The molecule has 0 N–H and O–H groups in total. The Bertz CT molecular complexity index is 1580. The van der Waals surface area contributed by atoms with Crippen molar-refractivity contribution in [3.05, 3.63) is 97.2 Å². The SMILES string of the molecule is CC/C=C\C/C=C\C/C=C\C/C=C\CCCCCCCCC(=O)OC(COC(=O)CCCCCCCCCCC/C=C\CCCCCCCC)COC(=O)CCCCCCCCCCCC/C=C\C/C=C\C/C=C\CCCCCCC. The number of allylic oxidation sites excluding steroid dienone is 16. The first-order chi connectivity index (χ1) is 40.0.